The zero-order valence-corrected chi connectivity index (χ0v) is 15.9. The largest absolute Gasteiger partial charge is 0.497 e. The van der Waals surface area contributed by atoms with Gasteiger partial charge in [-0.1, -0.05) is 44.2 Å². The molecule has 1 atom stereocenters. The Morgan fingerprint density at radius 3 is 2.19 bits per heavy atom. The minimum absolute atomic E-state index is 0.133. The van der Waals surface area contributed by atoms with Crippen molar-refractivity contribution in [1.82, 2.24) is 10.0 Å². The van der Waals surface area contributed by atoms with Crippen LogP contribution in [-0.2, 0) is 21.4 Å². The summed E-state index contributed by atoms with van der Waals surface area (Å²) < 4.78 is 32.6. The molecule has 0 aliphatic carbocycles. The van der Waals surface area contributed by atoms with Gasteiger partial charge in [-0.25, -0.2) is 8.42 Å². The molecule has 2 aromatic rings. The maximum atomic E-state index is 12.5. The lowest BCUT2D eigenvalue weighted by atomic mass is 10.0. The highest BCUT2D eigenvalue weighted by Gasteiger charge is 2.28. The number of benzene rings is 2. The highest BCUT2D eigenvalue weighted by molar-refractivity contribution is 7.89. The van der Waals surface area contributed by atoms with Crippen molar-refractivity contribution in [1.29, 1.82) is 0 Å². The summed E-state index contributed by atoms with van der Waals surface area (Å²) in [5.74, 6) is 0.162. The Morgan fingerprint density at radius 2 is 1.65 bits per heavy atom. The molecule has 0 aliphatic heterocycles. The van der Waals surface area contributed by atoms with Crippen molar-refractivity contribution in [2.24, 2.45) is 5.92 Å². The number of nitrogens with one attached hydrogen (secondary N) is 2. The smallest absolute Gasteiger partial charge is 0.241 e. The normalized spacial score (nSPS) is 12.6. The summed E-state index contributed by atoms with van der Waals surface area (Å²) in [7, 11) is -2.18. The zero-order valence-electron chi connectivity index (χ0n) is 15.1. The first-order valence-electron chi connectivity index (χ1n) is 8.31. The summed E-state index contributed by atoms with van der Waals surface area (Å²) in [5.41, 5.74) is 0.896. The molecule has 0 aliphatic rings. The van der Waals surface area contributed by atoms with Crippen LogP contribution in [0.4, 0.5) is 0 Å². The van der Waals surface area contributed by atoms with Crippen LogP contribution in [-0.4, -0.2) is 27.5 Å². The van der Waals surface area contributed by atoms with E-state index in [0.717, 1.165) is 11.3 Å². The van der Waals surface area contributed by atoms with E-state index >= 15 is 0 Å². The monoisotopic (exact) mass is 376 g/mol. The zero-order chi connectivity index (χ0) is 19.2. The van der Waals surface area contributed by atoms with Crippen LogP contribution in [0.25, 0.3) is 0 Å². The molecule has 6 nitrogen and oxygen atoms in total. The molecule has 140 valence electrons. The number of sulfonamides is 1. The maximum Gasteiger partial charge on any atom is 0.241 e. The standard InChI is InChI=1S/C19H24N2O4S/c1-14(2)18(21-26(23,24)17-7-5-4-6-8-17)19(22)20-13-15-9-11-16(25-3)12-10-15/h4-12,14,18,21H,13H2,1-3H3,(H,20,22)/t18-/m1/s1. The van der Waals surface area contributed by atoms with Gasteiger partial charge in [0.2, 0.25) is 15.9 Å². The third-order valence-corrected chi connectivity index (χ3v) is 5.37. The van der Waals surface area contributed by atoms with E-state index in [2.05, 4.69) is 10.0 Å². The number of ether oxygens (including phenoxy) is 1. The molecule has 0 aromatic heterocycles. The summed E-state index contributed by atoms with van der Waals surface area (Å²) in [5, 5.41) is 2.79. The average molecular weight is 376 g/mol. The quantitative estimate of drug-likeness (QED) is 0.740. The van der Waals surface area contributed by atoms with Crippen molar-refractivity contribution in [2.45, 2.75) is 31.3 Å². The highest BCUT2D eigenvalue weighted by Crippen LogP contribution is 2.13. The van der Waals surface area contributed by atoms with Crippen LogP contribution < -0.4 is 14.8 Å². The molecule has 7 heteroatoms. The predicted octanol–water partition coefficient (Wildman–Crippen LogP) is 2.31. The summed E-state index contributed by atoms with van der Waals surface area (Å²) in [6, 6.07) is 14.4. The summed E-state index contributed by atoms with van der Waals surface area (Å²) >= 11 is 0. The minimum atomic E-state index is -3.77. The van der Waals surface area contributed by atoms with E-state index in [1.54, 1.807) is 51.3 Å². The molecule has 0 saturated carbocycles. The number of carbonyl (C=O) groups excluding carboxylic acids is 1. The van der Waals surface area contributed by atoms with Gasteiger partial charge in [0, 0.05) is 6.54 Å². The van der Waals surface area contributed by atoms with Gasteiger partial charge in [0.1, 0.15) is 11.8 Å². The number of amides is 1. The SMILES string of the molecule is COc1ccc(CNC(=O)[C@H](NS(=O)(=O)c2ccccc2)C(C)C)cc1. The van der Waals surface area contributed by atoms with E-state index in [4.69, 9.17) is 4.74 Å². The first kappa shape index (κ1) is 19.9. The van der Waals surface area contributed by atoms with Crippen LogP contribution in [0.5, 0.6) is 5.75 Å². The van der Waals surface area contributed by atoms with E-state index in [1.807, 2.05) is 12.1 Å². The fourth-order valence-corrected chi connectivity index (χ4v) is 3.73. The van der Waals surface area contributed by atoms with Crippen LogP contribution in [0.15, 0.2) is 59.5 Å². The molecule has 2 rings (SSSR count). The van der Waals surface area contributed by atoms with E-state index in [1.165, 1.54) is 12.1 Å². The van der Waals surface area contributed by atoms with Crippen LogP contribution in [0.2, 0.25) is 0 Å². The summed E-state index contributed by atoms with van der Waals surface area (Å²) in [6.45, 7) is 3.90. The Kier molecular flexibility index (Phi) is 6.76. The van der Waals surface area contributed by atoms with Crippen molar-refractivity contribution in [3.8, 4) is 5.75 Å². The van der Waals surface area contributed by atoms with Crippen LogP contribution >= 0.6 is 0 Å². The van der Waals surface area contributed by atoms with Crippen molar-refractivity contribution in [3.63, 3.8) is 0 Å². The van der Waals surface area contributed by atoms with Crippen LogP contribution in [0, 0.1) is 5.92 Å². The van der Waals surface area contributed by atoms with Crippen molar-refractivity contribution < 1.29 is 17.9 Å². The van der Waals surface area contributed by atoms with Gasteiger partial charge in [0.05, 0.1) is 12.0 Å². The van der Waals surface area contributed by atoms with E-state index in [-0.39, 0.29) is 16.7 Å². The molecule has 0 spiro atoms. The predicted molar refractivity (Wildman–Crippen MR) is 100 cm³/mol. The molecular weight excluding hydrogens is 352 g/mol. The molecule has 0 radical (unpaired) electrons. The van der Waals surface area contributed by atoms with Crippen molar-refractivity contribution in [3.05, 3.63) is 60.2 Å². The third kappa shape index (κ3) is 5.31. The second-order valence-electron chi connectivity index (χ2n) is 6.22. The third-order valence-electron chi connectivity index (χ3n) is 3.91. The number of carbonyl (C=O) groups is 1. The molecule has 0 heterocycles. The van der Waals surface area contributed by atoms with Crippen LogP contribution in [0.1, 0.15) is 19.4 Å². The first-order chi connectivity index (χ1) is 12.3. The number of hydrogen-bond acceptors (Lipinski definition) is 4. The summed E-state index contributed by atoms with van der Waals surface area (Å²) in [4.78, 5) is 12.7. The lowest BCUT2D eigenvalue weighted by molar-refractivity contribution is -0.123. The van der Waals surface area contributed by atoms with Gasteiger partial charge < -0.3 is 10.1 Å². The average Bonchev–Trinajstić information content (AvgIpc) is 2.65. The molecule has 0 unspecified atom stereocenters. The number of hydrogen-bond donors (Lipinski definition) is 2. The fraction of sp³-hybridized carbons (Fsp3) is 0.316. The lowest BCUT2D eigenvalue weighted by Gasteiger charge is -2.21. The van der Waals surface area contributed by atoms with Gasteiger partial charge in [-0.2, -0.15) is 4.72 Å². The molecule has 2 N–H and O–H groups in total. The molecule has 1 amide bonds. The Morgan fingerprint density at radius 1 is 1.04 bits per heavy atom. The first-order valence-corrected chi connectivity index (χ1v) is 9.80. The van der Waals surface area contributed by atoms with Gasteiger partial charge in [-0.3, -0.25) is 4.79 Å². The van der Waals surface area contributed by atoms with E-state index < -0.39 is 16.1 Å². The van der Waals surface area contributed by atoms with Gasteiger partial charge in [-0.05, 0) is 35.7 Å². The highest BCUT2D eigenvalue weighted by atomic mass is 32.2. The van der Waals surface area contributed by atoms with Crippen LogP contribution in [0.3, 0.4) is 0 Å². The van der Waals surface area contributed by atoms with E-state index in [9.17, 15) is 13.2 Å². The number of methoxy groups -OCH3 is 1. The maximum absolute atomic E-state index is 12.5. The Balaban J connectivity index is 2.05. The molecule has 0 bridgehead atoms. The Bertz CT molecular complexity index is 818. The Hall–Kier alpha value is -2.38. The van der Waals surface area contributed by atoms with Crippen molar-refractivity contribution >= 4 is 15.9 Å². The molecule has 2 aromatic carbocycles. The molecule has 0 saturated heterocycles. The minimum Gasteiger partial charge on any atom is -0.497 e. The fourth-order valence-electron chi connectivity index (χ4n) is 2.37. The summed E-state index contributed by atoms with van der Waals surface area (Å²) in [6.07, 6.45) is 0. The van der Waals surface area contributed by atoms with Gasteiger partial charge >= 0.3 is 0 Å². The molecule has 0 fully saturated rings. The number of rotatable bonds is 8. The topological polar surface area (TPSA) is 84.5 Å². The lowest BCUT2D eigenvalue weighted by Crippen LogP contribution is -2.49. The van der Waals surface area contributed by atoms with Gasteiger partial charge in [0.25, 0.3) is 0 Å². The van der Waals surface area contributed by atoms with Crippen molar-refractivity contribution in [2.75, 3.05) is 7.11 Å². The second-order valence-corrected chi connectivity index (χ2v) is 7.94. The van der Waals surface area contributed by atoms with E-state index in [0.29, 0.717) is 6.54 Å². The molecule has 26 heavy (non-hydrogen) atoms. The second kappa shape index (κ2) is 8.82. The van der Waals surface area contributed by atoms with Gasteiger partial charge in [0.15, 0.2) is 0 Å². The molecular formula is C19H24N2O4S. The van der Waals surface area contributed by atoms with Gasteiger partial charge in [-0.15, -0.1) is 0 Å². The Labute approximate surface area is 154 Å².